The first-order valence-corrected chi connectivity index (χ1v) is 6.36. The number of rotatable bonds is 4. The second-order valence-electron chi connectivity index (χ2n) is 3.52. The molecule has 7 heteroatoms. The van der Waals surface area contributed by atoms with Gasteiger partial charge in [0.2, 0.25) is 5.01 Å². The normalized spacial score (nSPS) is 16.8. The zero-order chi connectivity index (χ0) is 12.1. The molecule has 2 heterocycles. The molecular formula is C10H14N2O4S. The molecule has 1 fully saturated rings. The fourth-order valence-corrected chi connectivity index (χ4v) is 2.12. The highest BCUT2D eigenvalue weighted by molar-refractivity contribution is 7.14. The highest BCUT2D eigenvalue weighted by atomic mass is 32.1. The van der Waals surface area contributed by atoms with E-state index in [0.717, 1.165) is 24.2 Å². The number of hydrogen-bond acceptors (Lipinski definition) is 7. The minimum Gasteiger partial charge on any atom is -0.465 e. The van der Waals surface area contributed by atoms with E-state index in [0.29, 0.717) is 25.0 Å². The smallest absolute Gasteiger partial charge is 0.369 e. The minimum absolute atomic E-state index is 0.103. The average Bonchev–Trinajstić information content (AvgIpc) is 2.79. The Balaban J connectivity index is 1.91. The number of aromatic nitrogens is 2. The quantitative estimate of drug-likeness (QED) is 0.757. The van der Waals surface area contributed by atoms with Gasteiger partial charge in [-0.25, -0.2) is 4.79 Å². The largest absolute Gasteiger partial charge is 0.465 e. The molecule has 0 aromatic carbocycles. The number of carbonyl (C=O) groups is 1. The van der Waals surface area contributed by atoms with Crippen LogP contribution in [0, 0.1) is 0 Å². The van der Waals surface area contributed by atoms with E-state index >= 15 is 0 Å². The Kier molecular flexibility index (Phi) is 4.27. The predicted octanol–water partition coefficient (Wildman–Crippen LogP) is 1.27. The van der Waals surface area contributed by atoms with Crippen LogP contribution in [0.25, 0.3) is 0 Å². The van der Waals surface area contributed by atoms with Crippen molar-refractivity contribution in [3.05, 3.63) is 5.01 Å². The van der Waals surface area contributed by atoms with Crippen molar-refractivity contribution in [1.82, 2.24) is 10.2 Å². The number of hydrogen-bond donors (Lipinski definition) is 0. The van der Waals surface area contributed by atoms with E-state index < -0.39 is 5.97 Å². The Morgan fingerprint density at radius 2 is 2.24 bits per heavy atom. The Bertz CT molecular complexity index is 376. The van der Waals surface area contributed by atoms with Crippen molar-refractivity contribution in [2.24, 2.45) is 0 Å². The molecule has 1 aromatic heterocycles. The van der Waals surface area contributed by atoms with Crippen molar-refractivity contribution in [2.45, 2.75) is 25.9 Å². The lowest BCUT2D eigenvalue weighted by Gasteiger charge is -2.21. The molecule has 0 spiro atoms. The number of ether oxygens (including phenoxy) is 3. The van der Waals surface area contributed by atoms with Gasteiger partial charge in [0.25, 0.3) is 5.19 Å². The number of esters is 1. The Morgan fingerprint density at radius 1 is 1.47 bits per heavy atom. The average molecular weight is 258 g/mol. The van der Waals surface area contributed by atoms with Gasteiger partial charge in [-0.3, -0.25) is 0 Å². The van der Waals surface area contributed by atoms with Crippen LogP contribution in [-0.4, -0.2) is 42.1 Å². The molecule has 94 valence electrons. The van der Waals surface area contributed by atoms with E-state index in [1.165, 1.54) is 0 Å². The molecule has 1 aliphatic rings. The fraction of sp³-hybridized carbons (Fsp3) is 0.700. The van der Waals surface area contributed by atoms with Crippen molar-refractivity contribution >= 4 is 17.3 Å². The van der Waals surface area contributed by atoms with Gasteiger partial charge in [0.05, 0.1) is 19.8 Å². The Hall–Kier alpha value is -1.21. The summed E-state index contributed by atoms with van der Waals surface area (Å²) in [6.45, 7) is 3.48. The maximum atomic E-state index is 11.4. The van der Waals surface area contributed by atoms with Crippen LogP contribution >= 0.6 is 11.3 Å². The summed E-state index contributed by atoms with van der Waals surface area (Å²) >= 11 is 1.11. The third-order valence-corrected chi connectivity index (χ3v) is 3.09. The maximum Gasteiger partial charge on any atom is 0.369 e. The first-order chi connectivity index (χ1) is 8.29. The van der Waals surface area contributed by atoms with Crippen LogP contribution in [0.5, 0.6) is 5.19 Å². The summed E-state index contributed by atoms with van der Waals surface area (Å²) < 4.78 is 15.7. The molecule has 0 unspecified atom stereocenters. The molecule has 17 heavy (non-hydrogen) atoms. The first-order valence-electron chi connectivity index (χ1n) is 5.54. The first kappa shape index (κ1) is 12.3. The molecule has 0 radical (unpaired) electrons. The van der Waals surface area contributed by atoms with Gasteiger partial charge in [0.15, 0.2) is 0 Å². The van der Waals surface area contributed by atoms with Crippen LogP contribution in [-0.2, 0) is 9.47 Å². The molecular weight excluding hydrogens is 244 g/mol. The predicted molar refractivity (Wildman–Crippen MR) is 60.3 cm³/mol. The van der Waals surface area contributed by atoms with Gasteiger partial charge >= 0.3 is 5.97 Å². The van der Waals surface area contributed by atoms with E-state index in [4.69, 9.17) is 14.2 Å². The maximum absolute atomic E-state index is 11.4. The van der Waals surface area contributed by atoms with Gasteiger partial charge in [-0.15, -0.1) is 5.10 Å². The third kappa shape index (κ3) is 3.37. The fourth-order valence-electron chi connectivity index (χ4n) is 1.47. The molecule has 1 aromatic rings. The lowest BCUT2D eigenvalue weighted by Crippen LogP contribution is -2.25. The van der Waals surface area contributed by atoms with Crippen LogP contribution in [0.1, 0.15) is 29.6 Å². The second kappa shape index (κ2) is 5.92. The molecule has 0 aliphatic carbocycles. The molecule has 0 atom stereocenters. The number of carbonyl (C=O) groups excluding carboxylic acids is 1. The molecule has 1 saturated heterocycles. The van der Waals surface area contributed by atoms with Crippen LogP contribution in [0.15, 0.2) is 0 Å². The van der Waals surface area contributed by atoms with Crippen molar-refractivity contribution in [3.8, 4) is 5.19 Å². The van der Waals surface area contributed by atoms with Crippen molar-refractivity contribution in [1.29, 1.82) is 0 Å². The summed E-state index contributed by atoms with van der Waals surface area (Å²) in [5, 5.41) is 8.20. The minimum atomic E-state index is -0.452. The van der Waals surface area contributed by atoms with Crippen molar-refractivity contribution in [3.63, 3.8) is 0 Å². The monoisotopic (exact) mass is 258 g/mol. The molecule has 0 amide bonds. The van der Waals surface area contributed by atoms with E-state index in [-0.39, 0.29) is 11.1 Å². The van der Waals surface area contributed by atoms with Crippen molar-refractivity contribution in [2.75, 3.05) is 19.8 Å². The third-order valence-electron chi connectivity index (χ3n) is 2.29. The lowest BCUT2D eigenvalue weighted by molar-refractivity contribution is 0.0252. The van der Waals surface area contributed by atoms with Crippen molar-refractivity contribution < 1.29 is 19.0 Å². The molecule has 0 bridgehead atoms. The summed E-state index contributed by atoms with van der Waals surface area (Å²) in [6, 6.07) is 0. The summed E-state index contributed by atoms with van der Waals surface area (Å²) in [6.07, 6.45) is 1.79. The molecule has 0 N–H and O–H groups in total. The topological polar surface area (TPSA) is 70.5 Å². The summed E-state index contributed by atoms with van der Waals surface area (Å²) in [7, 11) is 0. The van der Waals surface area contributed by atoms with E-state index in [2.05, 4.69) is 10.2 Å². The molecule has 6 nitrogen and oxygen atoms in total. The lowest BCUT2D eigenvalue weighted by atomic mass is 10.2. The van der Waals surface area contributed by atoms with Crippen LogP contribution in [0.3, 0.4) is 0 Å². The highest BCUT2D eigenvalue weighted by Crippen LogP contribution is 2.22. The number of nitrogens with zero attached hydrogens (tertiary/aromatic N) is 2. The van der Waals surface area contributed by atoms with Crippen LogP contribution < -0.4 is 4.74 Å². The Labute approximate surface area is 103 Å². The van der Waals surface area contributed by atoms with E-state index in [1.807, 2.05) is 0 Å². The Morgan fingerprint density at radius 3 is 2.94 bits per heavy atom. The summed E-state index contributed by atoms with van der Waals surface area (Å²) in [5.41, 5.74) is 0. The molecule has 0 saturated carbocycles. The van der Waals surface area contributed by atoms with Gasteiger partial charge in [0.1, 0.15) is 6.10 Å². The van der Waals surface area contributed by atoms with Gasteiger partial charge in [0, 0.05) is 12.8 Å². The summed E-state index contributed by atoms with van der Waals surface area (Å²) in [5.74, 6) is -0.452. The molecule has 1 aliphatic heterocycles. The zero-order valence-corrected chi connectivity index (χ0v) is 10.4. The van der Waals surface area contributed by atoms with E-state index in [1.54, 1.807) is 6.92 Å². The van der Waals surface area contributed by atoms with Crippen LogP contribution in [0.2, 0.25) is 0 Å². The molecule has 2 rings (SSSR count). The highest BCUT2D eigenvalue weighted by Gasteiger charge is 2.19. The standard InChI is InChI=1S/C10H14N2O4S/c1-2-15-9(13)8-11-12-10(17-8)16-7-3-5-14-6-4-7/h7H,2-6H2,1H3. The van der Waals surface area contributed by atoms with E-state index in [9.17, 15) is 4.79 Å². The van der Waals surface area contributed by atoms with Gasteiger partial charge in [-0.2, -0.15) is 0 Å². The van der Waals surface area contributed by atoms with Gasteiger partial charge < -0.3 is 14.2 Å². The summed E-state index contributed by atoms with van der Waals surface area (Å²) in [4.78, 5) is 11.4. The van der Waals surface area contributed by atoms with Crippen LogP contribution in [0.4, 0.5) is 0 Å². The second-order valence-corrected chi connectivity index (χ2v) is 4.46. The SMILES string of the molecule is CCOC(=O)c1nnc(OC2CCOCC2)s1. The zero-order valence-electron chi connectivity index (χ0n) is 9.55. The van der Waals surface area contributed by atoms with Gasteiger partial charge in [-0.05, 0) is 18.3 Å². The van der Waals surface area contributed by atoms with Gasteiger partial charge in [-0.1, -0.05) is 5.10 Å².